The first-order chi connectivity index (χ1) is 12.1. The lowest BCUT2D eigenvalue weighted by Crippen LogP contribution is -2.15. The number of nitrogens with one attached hydrogen (secondary N) is 1. The van der Waals surface area contributed by atoms with E-state index in [9.17, 15) is 8.42 Å². The normalized spacial score (nSPS) is 11.8. The Kier molecular flexibility index (Phi) is 4.70. The van der Waals surface area contributed by atoms with E-state index in [0.29, 0.717) is 27.3 Å². The Morgan fingerprint density at radius 2 is 1.81 bits per heavy atom. The van der Waals surface area contributed by atoms with Gasteiger partial charge in [0.2, 0.25) is 5.89 Å². The van der Waals surface area contributed by atoms with Crippen LogP contribution in [0, 0.1) is 27.7 Å². The molecule has 0 spiro atoms. The average molecular weight is 439 g/mol. The van der Waals surface area contributed by atoms with Crippen molar-refractivity contribution >= 4 is 31.6 Å². The van der Waals surface area contributed by atoms with E-state index >= 15 is 0 Å². The summed E-state index contributed by atoms with van der Waals surface area (Å²) in [7, 11) is -2.08. The lowest BCUT2D eigenvalue weighted by atomic mass is 10.2. The van der Waals surface area contributed by atoms with Gasteiger partial charge in [-0.2, -0.15) is 0 Å². The monoisotopic (exact) mass is 438 g/mol. The fraction of sp³-hybridized carbons (Fsp3) is 0.294. The van der Waals surface area contributed by atoms with Crippen LogP contribution in [0.3, 0.4) is 0 Å². The van der Waals surface area contributed by atoms with Gasteiger partial charge in [-0.1, -0.05) is 6.07 Å². The summed E-state index contributed by atoms with van der Waals surface area (Å²) in [6.07, 6.45) is 0. The van der Waals surface area contributed by atoms with Gasteiger partial charge >= 0.3 is 0 Å². The summed E-state index contributed by atoms with van der Waals surface area (Å²) in [5.41, 5.74) is 3.22. The van der Waals surface area contributed by atoms with Crippen molar-refractivity contribution in [2.45, 2.75) is 32.6 Å². The second kappa shape index (κ2) is 6.55. The van der Waals surface area contributed by atoms with Gasteiger partial charge in [-0.15, -0.1) is 10.2 Å². The van der Waals surface area contributed by atoms with Crippen LogP contribution in [-0.4, -0.2) is 23.2 Å². The lowest BCUT2D eigenvalue weighted by molar-refractivity contribution is 0.530. The number of hydrogen-bond donors (Lipinski definition) is 1. The summed E-state index contributed by atoms with van der Waals surface area (Å²) in [6, 6.07) is 5.41. The van der Waals surface area contributed by atoms with E-state index in [0.717, 1.165) is 11.3 Å². The smallest absolute Gasteiger partial charge is 0.264 e. The number of aromatic nitrogens is 3. The van der Waals surface area contributed by atoms with Gasteiger partial charge in [-0.3, -0.25) is 4.72 Å². The fourth-order valence-corrected chi connectivity index (χ4v) is 5.12. The van der Waals surface area contributed by atoms with Gasteiger partial charge in [0.1, 0.15) is 4.90 Å². The molecule has 0 aliphatic carbocycles. The van der Waals surface area contributed by atoms with Crippen molar-refractivity contribution in [3.63, 3.8) is 0 Å². The molecule has 2 heterocycles. The quantitative estimate of drug-likeness (QED) is 0.667. The first-order valence-electron chi connectivity index (χ1n) is 7.87. The van der Waals surface area contributed by atoms with Gasteiger partial charge in [-0.25, -0.2) is 8.42 Å². The van der Waals surface area contributed by atoms with E-state index in [1.807, 2.05) is 26.0 Å². The van der Waals surface area contributed by atoms with Crippen LogP contribution in [0.15, 0.2) is 32.0 Å². The molecule has 0 saturated carbocycles. The maximum Gasteiger partial charge on any atom is 0.264 e. The van der Waals surface area contributed by atoms with Gasteiger partial charge in [0, 0.05) is 29.8 Å². The molecule has 26 heavy (non-hydrogen) atoms. The molecule has 1 aromatic carbocycles. The van der Waals surface area contributed by atoms with Crippen LogP contribution in [0.4, 0.5) is 5.69 Å². The molecule has 0 radical (unpaired) electrons. The first kappa shape index (κ1) is 18.7. The average Bonchev–Trinajstić information content (AvgIpc) is 3.07. The van der Waals surface area contributed by atoms with Crippen molar-refractivity contribution in [1.29, 1.82) is 0 Å². The molecule has 9 heteroatoms. The zero-order valence-electron chi connectivity index (χ0n) is 15.1. The molecule has 3 aromatic rings. The van der Waals surface area contributed by atoms with E-state index in [-0.39, 0.29) is 10.8 Å². The van der Waals surface area contributed by atoms with Crippen LogP contribution < -0.4 is 4.72 Å². The molecule has 7 nitrogen and oxygen atoms in total. The second-order valence-corrected chi connectivity index (χ2v) is 8.62. The SMILES string of the molecule is Cc1ccc(NS(=O)(=O)c2c(-c3nnc(C)o3)c(C)n(C)c2C)c(Br)c1. The van der Waals surface area contributed by atoms with Gasteiger partial charge in [-0.05, 0) is 54.4 Å². The third-order valence-electron chi connectivity index (χ3n) is 4.30. The first-order valence-corrected chi connectivity index (χ1v) is 10.1. The molecule has 3 rings (SSSR count). The van der Waals surface area contributed by atoms with Crippen molar-refractivity contribution in [2.75, 3.05) is 4.72 Å². The number of hydrogen-bond acceptors (Lipinski definition) is 5. The Hall–Kier alpha value is -2.13. The van der Waals surface area contributed by atoms with Crippen LogP contribution in [0.1, 0.15) is 22.8 Å². The van der Waals surface area contributed by atoms with E-state index in [1.54, 1.807) is 31.5 Å². The van der Waals surface area contributed by atoms with Crippen molar-refractivity contribution in [3.8, 4) is 11.5 Å². The van der Waals surface area contributed by atoms with Crippen molar-refractivity contribution in [3.05, 3.63) is 45.5 Å². The summed E-state index contributed by atoms with van der Waals surface area (Å²) in [5, 5.41) is 7.84. The highest BCUT2D eigenvalue weighted by atomic mass is 79.9. The maximum absolute atomic E-state index is 13.2. The highest BCUT2D eigenvalue weighted by Gasteiger charge is 2.31. The molecular formula is C17H19BrN4O3S. The lowest BCUT2D eigenvalue weighted by Gasteiger charge is -2.11. The van der Waals surface area contributed by atoms with E-state index in [4.69, 9.17) is 4.42 Å². The summed E-state index contributed by atoms with van der Waals surface area (Å²) >= 11 is 3.40. The predicted molar refractivity (Wildman–Crippen MR) is 103 cm³/mol. The molecule has 0 bridgehead atoms. The minimum Gasteiger partial charge on any atom is -0.421 e. The van der Waals surface area contributed by atoms with Crippen LogP contribution in [0.5, 0.6) is 0 Å². The van der Waals surface area contributed by atoms with Crippen molar-refractivity contribution in [1.82, 2.24) is 14.8 Å². The third kappa shape index (κ3) is 3.16. The molecular weight excluding hydrogens is 420 g/mol. The molecule has 0 aliphatic rings. The molecule has 0 fully saturated rings. The molecule has 138 valence electrons. The van der Waals surface area contributed by atoms with E-state index in [1.165, 1.54) is 0 Å². The molecule has 2 aromatic heterocycles. The summed E-state index contributed by atoms with van der Waals surface area (Å²) in [4.78, 5) is 0.133. The molecule has 0 saturated heterocycles. The summed E-state index contributed by atoms with van der Waals surface area (Å²) in [5.74, 6) is 0.561. The van der Waals surface area contributed by atoms with Gasteiger partial charge in [0.15, 0.2) is 0 Å². The van der Waals surface area contributed by atoms with E-state index < -0.39 is 10.0 Å². The van der Waals surface area contributed by atoms with E-state index in [2.05, 4.69) is 30.8 Å². The standard InChI is InChI=1S/C17H19BrN4O3S/c1-9-6-7-14(13(18)8-9)21-26(23,24)16-11(3)22(5)10(2)15(16)17-20-19-12(4)25-17/h6-8,21H,1-5H3. The van der Waals surface area contributed by atoms with Crippen LogP contribution >= 0.6 is 15.9 Å². The number of anilines is 1. The number of sulfonamides is 1. The van der Waals surface area contributed by atoms with Crippen LogP contribution in [0.25, 0.3) is 11.5 Å². The second-order valence-electron chi connectivity index (χ2n) is 6.15. The summed E-state index contributed by atoms with van der Waals surface area (Å²) < 4.78 is 37.0. The predicted octanol–water partition coefficient (Wildman–Crippen LogP) is 3.87. The number of nitrogens with zero attached hydrogens (tertiary/aromatic N) is 3. The van der Waals surface area contributed by atoms with Crippen molar-refractivity contribution in [2.24, 2.45) is 7.05 Å². The molecule has 0 amide bonds. The molecule has 1 N–H and O–H groups in total. The van der Waals surface area contributed by atoms with Crippen LogP contribution in [-0.2, 0) is 17.1 Å². The fourth-order valence-electron chi connectivity index (χ4n) is 2.79. The van der Waals surface area contributed by atoms with Crippen LogP contribution in [0.2, 0.25) is 0 Å². The topological polar surface area (TPSA) is 90.0 Å². The summed E-state index contributed by atoms with van der Waals surface area (Å²) in [6.45, 7) is 7.17. The molecule has 0 atom stereocenters. The van der Waals surface area contributed by atoms with Crippen molar-refractivity contribution < 1.29 is 12.8 Å². The minimum atomic E-state index is -3.88. The molecule has 0 unspecified atom stereocenters. The number of rotatable bonds is 4. The zero-order valence-corrected chi connectivity index (χ0v) is 17.5. The Labute approximate surface area is 160 Å². The Balaban J connectivity index is 2.17. The van der Waals surface area contributed by atoms with Gasteiger partial charge in [0.05, 0.1) is 11.3 Å². The highest BCUT2D eigenvalue weighted by molar-refractivity contribution is 9.10. The maximum atomic E-state index is 13.2. The number of aryl methyl sites for hydroxylation is 2. The minimum absolute atomic E-state index is 0.133. The third-order valence-corrected chi connectivity index (χ3v) is 6.48. The highest BCUT2D eigenvalue weighted by Crippen LogP contribution is 2.36. The Morgan fingerprint density at radius 3 is 2.38 bits per heavy atom. The van der Waals surface area contributed by atoms with Gasteiger partial charge in [0.25, 0.3) is 15.9 Å². The largest absolute Gasteiger partial charge is 0.421 e. The Morgan fingerprint density at radius 1 is 1.12 bits per heavy atom. The molecule has 0 aliphatic heterocycles. The Bertz CT molecular complexity index is 1100. The van der Waals surface area contributed by atoms with Gasteiger partial charge < -0.3 is 8.98 Å². The number of halogens is 1. The number of benzene rings is 1. The zero-order chi connectivity index (χ0) is 19.2.